The van der Waals surface area contributed by atoms with Gasteiger partial charge in [0.15, 0.2) is 0 Å². The lowest BCUT2D eigenvalue weighted by molar-refractivity contribution is -0.144. The quantitative estimate of drug-likeness (QED) is 0.801. The van der Waals surface area contributed by atoms with Gasteiger partial charge in [0, 0.05) is 11.4 Å². The van der Waals surface area contributed by atoms with Crippen molar-refractivity contribution in [2.24, 2.45) is 5.73 Å². The summed E-state index contributed by atoms with van der Waals surface area (Å²) in [4.78, 5) is 29.8. The lowest BCUT2D eigenvalue weighted by atomic mass is 10.3. The van der Waals surface area contributed by atoms with Crippen LogP contribution in [0.15, 0.2) is 5.38 Å². The minimum absolute atomic E-state index is 0.0115. The Morgan fingerprint density at radius 2 is 2.30 bits per heavy atom. The molecule has 1 fully saturated rings. The van der Waals surface area contributed by atoms with Crippen molar-refractivity contribution in [3.63, 3.8) is 0 Å². The minimum atomic E-state index is -0.379. The number of esters is 1. The minimum Gasteiger partial charge on any atom is -0.465 e. The van der Waals surface area contributed by atoms with Crippen LogP contribution >= 0.6 is 11.3 Å². The molecule has 1 aromatic heterocycles. The van der Waals surface area contributed by atoms with E-state index < -0.39 is 0 Å². The molecule has 20 heavy (non-hydrogen) atoms. The highest BCUT2D eigenvalue weighted by molar-refractivity contribution is 7.09. The number of carbonyl (C=O) groups excluding carboxylic acids is 2. The van der Waals surface area contributed by atoms with Gasteiger partial charge in [-0.2, -0.15) is 0 Å². The summed E-state index contributed by atoms with van der Waals surface area (Å²) in [6.07, 6.45) is 1.85. The van der Waals surface area contributed by atoms with E-state index in [2.05, 4.69) is 4.98 Å². The van der Waals surface area contributed by atoms with Gasteiger partial charge in [0.25, 0.3) is 5.91 Å². The van der Waals surface area contributed by atoms with E-state index in [4.69, 9.17) is 10.5 Å². The molecule has 0 aromatic carbocycles. The Morgan fingerprint density at radius 1 is 1.60 bits per heavy atom. The molecule has 1 amide bonds. The molecule has 110 valence electrons. The largest absolute Gasteiger partial charge is 0.465 e. The molecule has 1 unspecified atom stereocenters. The predicted molar refractivity (Wildman–Crippen MR) is 75.4 cm³/mol. The Balaban J connectivity index is 2.08. The number of nitrogens with two attached hydrogens (primary N) is 1. The van der Waals surface area contributed by atoms with Gasteiger partial charge in [0.1, 0.15) is 17.2 Å². The normalized spacial score (nSPS) is 15.8. The SMILES string of the molecule is CCOC(=O)CN(C(=O)c1csc(C(C)N)n1)C1CC1. The number of nitrogens with zero attached hydrogens (tertiary/aromatic N) is 2. The fraction of sp³-hybridized carbons (Fsp3) is 0.615. The zero-order valence-electron chi connectivity index (χ0n) is 11.7. The predicted octanol–water partition coefficient (Wildman–Crippen LogP) is 1.33. The highest BCUT2D eigenvalue weighted by Gasteiger charge is 2.35. The van der Waals surface area contributed by atoms with Crippen molar-refractivity contribution in [1.82, 2.24) is 9.88 Å². The van der Waals surface area contributed by atoms with Crippen molar-refractivity contribution in [1.29, 1.82) is 0 Å². The lowest BCUT2D eigenvalue weighted by Crippen LogP contribution is -2.38. The summed E-state index contributed by atoms with van der Waals surface area (Å²) in [6, 6.07) is -0.0617. The molecule has 7 heteroatoms. The van der Waals surface area contributed by atoms with E-state index in [-0.39, 0.29) is 30.5 Å². The van der Waals surface area contributed by atoms with Crippen molar-refractivity contribution in [3.8, 4) is 0 Å². The molecule has 1 saturated carbocycles. The van der Waals surface area contributed by atoms with Crippen molar-refractivity contribution in [2.75, 3.05) is 13.2 Å². The molecule has 0 saturated heterocycles. The van der Waals surface area contributed by atoms with Gasteiger partial charge < -0.3 is 15.4 Å². The standard InChI is InChI=1S/C13H19N3O3S/c1-3-19-11(17)6-16(9-4-5-9)13(18)10-7-20-12(15-10)8(2)14/h7-9H,3-6,14H2,1-2H3. The molecule has 0 bridgehead atoms. The number of ether oxygens (including phenoxy) is 1. The van der Waals surface area contributed by atoms with Gasteiger partial charge in [0.2, 0.25) is 0 Å². The van der Waals surface area contributed by atoms with E-state index in [1.807, 2.05) is 6.92 Å². The molecule has 6 nitrogen and oxygen atoms in total. The molecule has 1 aliphatic carbocycles. The van der Waals surface area contributed by atoms with Crippen LogP contribution in [-0.4, -0.2) is 41.0 Å². The first-order valence-electron chi connectivity index (χ1n) is 6.70. The lowest BCUT2D eigenvalue weighted by Gasteiger charge is -2.20. The van der Waals surface area contributed by atoms with Crippen molar-refractivity contribution in [2.45, 2.75) is 38.8 Å². The summed E-state index contributed by atoms with van der Waals surface area (Å²) in [6.45, 7) is 3.88. The van der Waals surface area contributed by atoms with Crippen LogP contribution in [0.5, 0.6) is 0 Å². The van der Waals surface area contributed by atoms with Gasteiger partial charge in [-0.25, -0.2) is 4.98 Å². The molecule has 2 rings (SSSR count). The van der Waals surface area contributed by atoms with E-state index in [1.165, 1.54) is 11.3 Å². The van der Waals surface area contributed by atoms with Gasteiger partial charge in [-0.05, 0) is 26.7 Å². The average Bonchev–Trinajstić information content (AvgIpc) is 3.11. The number of rotatable bonds is 6. The van der Waals surface area contributed by atoms with Crippen LogP contribution < -0.4 is 5.73 Å². The number of amides is 1. The molecule has 1 aromatic rings. The van der Waals surface area contributed by atoms with Crippen LogP contribution in [0.25, 0.3) is 0 Å². The highest BCUT2D eigenvalue weighted by atomic mass is 32.1. The number of aromatic nitrogens is 1. The van der Waals surface area contributed by atoms with E-state index in [0.29, 0.717) is 12.3 Å². The van der Waals surface area contributed by atoms with Crippen LogP contribution in [0.4, 0.5) is 0 Å². The van der Waals surface area contributed by atoms with Crippen LogP contribution in [0.3, 0.4) is 0 Å². The summed E-state index contributed by atoms with van der Waals surface area (Å²) >= 11 is 1.36. The first-order chi connectivity index (χ1) is 9.52. The van der Waals surface area contributed by atoms with Gasteiger partial charge in [-0.1, -0.05) is 0 Å². The van der Waals surface area contributed by atoms with Gasteiger partial charge in [0.05, 0.1) is 12.6 Å². The maximum Gasteiger partial charge on any atom is 0.325 e. The molecular weight excluding hydrogens is 278 g/mol. The number of hydrogen-bond acceptors (Lipinski definition) is 6. The van der Waals surface area contributed by atoms with Crippen LogP contribution in [-0.2, 0) is 9.53 Å². The van der Waals surface area contributed by atoms with Crippen molar-refractivity contribution in [3.05, 3.63) is 16.1 Å². The first kappa shape index (κ1) is 14.9. The van der Waals surface area contributed by atoms with Crippen LogP contribution in [0.2, 0.25) is 0 Å². The summed E-state index contributed by atoms with van der Waals surface area (Å²) < 4.78 is 4.91. The average molecular weight is 297 g/mol. The van der Waals surface area contributed by atoms with E-state index in [0.717, 1.165) is 17.8 Å². The van der Waals surface area contributed by atoms with Crippen molar-refractivity contribution >= 4 is 23.2 Å². The second kappa shape index (κ2) is 6.32. The molecule has 0 spiro atoms. The smallest absolute Gasteiger partial charge is 0.325 e. The number of carbonyl (C=O) groups is 2. The monoisotopic (exact) mass is 297 g/mol. The molecule has 1 heterocycles. The molecule has 1 atom stereocenters. The fourth-order valence-corrected chi connectivity index (χ4v) is 2.59. The van der Waals surface area contributed by atoms with E-state index in [1.54, 1.807) is 17.2 Å². The van der Waals surface area contributed by atoms with Crippen molar-refractivity contribution < 1.29 is 14.3 Å². The zero-order valence-corrected chi connectivity index (χ0v) is 12.5. The van der Waals surface area contributed by atoms with Crippen LogP contribution in [0.1, 0.15) is 48.2 Å². The van der Waals surface area contributed by atoms with Gasteiger partial charge >= 0.3 is 5.97 Å². The summed E-state index contributed by atoms with van der Waals surface area (Å²) in [5.41, 5.74) is 6.10. The van der Waals surface area contributed by atoms with Crippen LogP contribution in [0, 0.1) is 0 Å². The van der Waals surface area contributed by atoms with Gasteiger partial charge in [-0.15, -0.1) is 11.3 Å². The second-order valence-electron chi connectivity index (χ2n) is 4.83. The molecular formula is C13H19N3O3S. The third-order valence-corrected chi connectivity index (χ3v) is 4.03. The molecule has 0 aliphatic heterocycles. The summed E-state index contributed by atoms with van der Waals surface area (Å²) in [5, 5.41) is 2.42. The Kier molecular flexibility index (Phi) is 4.72. The molecule has 2 N–H and O–H groups in total. The topological polar surface area (TPSA) is 85.5 Å². The number of hydrogen-bond donors (Lipinski definition) is 1. The van der Waals surface area contributed by atoms with E-state index >= 15 is 0 Å². The second-order valence-corrected chi connectivity index (χ2v) is 5.72. The maximum absolute atomic E-state index is 12.4. The highest BCUT2D eigenvalue weighted by Crippen LogP contribution is 2.28. The molecule has 1 aliphatic rings. The van der Waals surface area contributed by atoms with E-state index in [9.17, 15) is 9.59 Å². The maximum atomic E-state index is 12.4. The number of thiazole rings is 1. The summed E-state index contributed by atoms with van der Waals surface area (Å²) in [5.74, 6) is -0.598. The Morgan fingerprint density at radius 3 is 2.80 bits per heavy atom. The summed E-state index contributed by atoms with van der Waals surface area (Å²) in [7, 11) is 0. The molecule has 0 radical (unpaired) electrons. The zero-order chi connectivity index (χ0) is 14.7. The third kappa shape index (κ3) is 3.55. The Hall–Kier alpha value is -1.47. The van der Waals surface area contributed by atoms with Gasteiger partial charge in [-0.3, -0.25) is 9.59 Å². The Labute approximate surface area is 121 Å². The Bertz CT molecular complexity index is 497. The first-order valence-corrected chi connectivity index (χ1v) is 7.58. The fourth-order valence-electron chi connectivity index (χ4n) is 1.84. The third-order valence-electron chi connectivity index (χ3n) is 2.98.